The molecule has 3 aromatic carbocycles. The van der Waals surface area contributed by atoms with Crippen molar-refractivity contribution in [2.24, 2.45) is 0 Å². The van der Waals surface area contributed by atoms with Crippen LogP contribution in [0, 0.1) is 0 Å². The highest BCUT2D eigenvalue weighted by atomic mass is 16.5. The van der Waals surface area contributed by atoms with E-state index in [-0.39, 0.29) is 0 Å². The molecule has 3 rings (SSSR count). The highest BCUT2D eigenvalue weighted by Crippen LogP contribution is 2.22. The summed E-state index contributed by atoms with van der Waals surface area (Å²) in [5.41, 5.74) is 8.39. The smallest absolute Gasteiger partial charge is 0.407 e. The summed E-state index contributed by atoms with van der Waals surface area (Å²) in [4.78, 5) is 12.9. The molecule has 0 saturated carbocycles. The number of nitrogens with zero attached hydrogens (tertiary/aromatic N) is 1. The quantitative estimate of drug-likeness (QED) is 0.593. The van der Waals surface area contributed by atoms with Gasteiger partial charge in [-0.15, -0.1) is 0 Å². The molecule has 0 atom stereocenters. The predicted molar refractivity (Wildman–Crippen MR) is 106 cm³/mol. The van der Waals surface area contributed by atoms with Gasteiger partial charge in [0.05, 0.1) is 0 Å². The van der Waals surface area contributed by atoms with Crippen LogP contribution in [-0.2, 0) is 13.0 Å². The van der Waals surface area contributed by atoms with Gasteiger partial charge in [-0.05, 0) is 53.9 Å². The molecule has 1 amide bonds. The van der Waals surface area contributed by atoms with Crippen molar-refractivity contribution < 1.29 is 14.6 Å². The summed E-state index contributed by atoms with van der Waals surface area (Å²) in [6, 6.07) is 24.5. The molecule has 3 N–H and O–H groups in total. The normalized spacial score (nSPS) is 10.4. The van der Waals surface area contributed by atoms with E-state index in [1.807, 2.05) is 66.7 Å². The monoisotopic (exact) mass is 362 g/mol. The van der Waals surface area contributed by atoms with Crippen molar-refractivity contribution in [3.05, 3.63) is 90.0 Å². The van der Waals surface area contributed by atoms with Gasteiger partial charge in [-0.2, -0.15) is 0 Å². The summed E-state index contributed by atoms with van der Waals surface area (Å²) in [7, 11) is 0. The Morgan fingerprint density at radius 3 is 2.04 bits per heavy atom. The Labute approximate surface area is 158 Å². The number of nitrogens with two attached hydrogens (primary N) is 1. The van der Waals surface area contributed by atoms with Crippen LogP contribution in [-0.4, -0.2) is 22.6 Å². The Balaban J connectivity index is 1.56. The van der Waals surface area contributed by atoms with E-state index in [2.05, 4.69) is 0 Å². The van der Waals surface area contributed by atoms with Crippen molar-refractivity contribution in [3.8, 4) is 11.5 Å². The van der Waals surface area contributed by atoms with Crippen LogP contribution in [0.25, 0.3) is 0 Å². The van der Waals surface area contributed by atoms with Crippen molar-refractivity contribution >= 4 is 11.8 Å². The third-order valence-electron chi connectivity index (χ3n) is 4.20. The molecule has 5 heteroatoms. The zero-order valence-corrected chi connectivity index (χ0v) is 14.9. The van der Waals surface area contributed by atoms with E-state index in [9.17, 15) is 9.90 Å². The van der Waals surface area contributed by atoms with Crippen molar-refractivity contribution in [1.82, 2.24) is 4.90 Å². The Kier molecular flexibility index (Phi) is 5.94. The molecule has 0 aliphatic heterocycles. The highest BCUT2D eigenvalue weighted by Gasteiger charge is 2.12. The molecule has 0 aliphatic carbocycles. The molecule has 0 radical (unpaired) electrons. The summed E-state index contributed by atoms with van der Waals surface area (Å²) in [5.74, 6) is 1.44. The summed E-state index contributed by atoms with van der Waals surface area (Å²) in [5, 5.41) is 9.44. The molecule has 0 aliphatic rings. The minimum atomic E-state index is -0.915. The third-order valence-corrected chi connectivity index (χ3v) is 4.20. The fraction of sp³-hybridized carbons (Fsp3) is 0.136. The number of benzene rings is 3. The maximum absolute atomic E-state index is 11.5. The average Bonchev–Trinajstić information content (AvgIpc) is 2.68. The molecule has 0 saturated heterocycles. The third kappa shape index (κ3) is 5.51. The van der Waals surface area contributed by atoms with Crippen LogP contribution < -0.4 is 10.5 Å². The summed E-state index contributed by atoms with van der Waals surface area (Å²) in [6.07, 6.45) is -0.275. The molecule has 5 nitrogen and oxygen atoms in total. The van der Waals surface area contributed by atoms with Crippen LogP contribution in [0.5, 0.6) is 11.5 Å². The average molecular weight is 362 g/mol. The van der Waals surface area contributed by atoms with E-state index in [0.717, 1.165) is 22.6 Å². The molecule has 0 fully saturated rings. The molecular formula is C22H22N2O3. The number of amides is 1. The van der Waals surface area contributed by atoms with E-state index in [1.54, 1.807) is 12.1 Å². The van der Waals surface area contributed by atoms with Crippen LogP contribution in [0.2, 0.25) is 0 Å². The molecule has 0 aromatic heterocycles. The first-order chi connectivity index (χ1) is 13.1. The van der Waals surface area contributed by atoms with Crippen LogP contribution in [0.4, 0.5) is 10.5 Å². The number of carbonyl (C=O) groups is 1. The molecular weight excluding hydrogens is 340 g/mol. The van der Waals surface area contributed by atoms with Gasteiger partial charge in [-0.25, -0.2) is 4.79 Å². The zero-order valence-electron chi connectivity index (χ0n) is 14.9. The van der Waals surface area contributed by atoms with Crippen molar-refractivity contribution in [2.45, 2.75) is 13.0 Å². The first-order valence-electron chi connectivity index (χ1n) is 8.74. The van der Waals surface area contributed by atoms with Gasteiger partial charge in [0, 0.05) is 18.8 Å². The van der Waals surface area contributed by atoms with Gasteiger partial charge in [0.15, 0.2) is 0 Å². The van der Waals surface area contributed by atoms with Crippen molar-refractivity contribution in [3.63, 3.8) is 0 Å². The standard InChI is InChI=1S/C22H22N2O3/c23-19-8-12-21(13-9-19)27-20-10-6-17(7-11-20)14-15-24(22(25)26)16-18-4-2-1-3-5-18/h1-13H,14-16,23H2,(H,25,26). The first-order valence-corrected chi connectivity index (χ1v) is 8.74. The number of anilines is 1. The van der Waals surface area contributed by atoms with Gasteiger partial charge >= 0.3 is 6.09 Å². The Morgan fingerprint density at radius 2 is 1.44 bits per heavy atom. The van der Waals surface area contributed by atoms with E-state index in [0.29, 0.717) is 25.2 Å². The Morgan fingerprint density at radius 1 is 0.852 bits per heavy atom. The second kappa shape index (κ2) is 8.76. The van der Waals surface area contributed by atoms with Crippen LogP contribution in [0.3, 0.4) is 0 Å². The Hall–Kier alpha value is -3.47. The van der Waals surface area contributed by atoms with Crippen molar-refractivity contribution in [2.75, 3.05) is 12.3 Å². The molecule has 0 heterocycles. The second-order valence-electron chi connectivity index (χ2n) is 6.25. The van der Waals surface area contributed by atoms with E-state index in [1.165, 1.54) is 4.90 Å². The minimum Gasteiger partial charge on any atom is -0.465 e. The minimum absolute atomic E-state index is 0.383. The van der Waals surface area contributed by atoms with Gasteiger partial charge < -0.3 is 20.5 Å². The number of hydrogen-bond acceptors (Lipinski definition) is 3. The van der Waals surface area contributed by atoms with Gasteiger partial charge in [-0.1, -0.05) is 42.5 Å². The van der Waals surface area contributed by atoms with E-state index < -0.39 is 6.09 Å². The lowest BCUT2D eigenvalue weighted by molar-refractivity contribution is 0.143. The van der Waals surface area contributed by atoms with Crippen LogP contribution >= 0.6 is 0 Å². The number of rotatable bonds is 7. The molecule has 0 bridgehead atoms. The SMILES string of the molecule is Nc1ccc(Oc2ccc(CCN(Cc3ccccc3)C(=O)O)cc2)cc1. The number of carboxylic acid groups (broad SMARTS) is 1. The van der Waals surface area contributed by atoms with E-state index >= 15 is 0 Å². The zero-order chi connectivity index (χ0) is 19.1. The molecule has 3 aromatic rings. The molecule has 0 unspecified atom stereocenters. The Bertz CT molecular complexity index is 862. The maximum atomic E-state index is 11.5. The number of hydrogen-bond donors (Lipinski definition) is 2. The summed E-state index contributed by atoms with van der Waals surface area (Å²) in [6.45, 7) is 0.816. The van der Waals surface area contributed by atoms with Crippen molar-refractivity contribution in [1.29, 1.82) is 0 Å². The summed E-state index contributed by atoms with van der Waals surface area (Å²) < 4.78 is 5.77. The van der Waals surface area contributed by atoms with Crippen LogP contribution in [0.15, 0.2) is 78.9 Å². The molecule has 138 valence electrons. The second-order valence-corrected chi connectivity index (χ2v) is 6.25. The number of nitrogen functional groups attached to an aromatic ring is 1. The maximum Gasteiger partial charge on any atom is 0.407 e. The van der Waals surface area contributed by atoms with Gasteiger partial charge in [-0.3, -0.25) is 0 Å². The highest BCUT2D eigenvalue weighted by molar-refractivity contribution is 5.65. The van der Waals surface area contributed by atoms with Gasteiger partial charge in [0.1, 0.15) is 11.5 Å². The van der Waals surface area contributed by atoms with E-state index in [4.69, 9.17) is 10.5 Å². The summed E-state index contributed by atoms with van der Waals surface area (Å²) >= 11 is 0. The number of ether oxygens (including phenoxy) is 1. The molecule has 0 spiro atoms. The lowest BCUT2D eigenvalue weighted by Crippen LogP contribution is -2.30. The lowest BCUT2D eigenvalue weighted by atomic mass is 10.1. The first kappa shape index (κ1) is 18.3. The van der Waals surface area contributed by atoms with Gasteiger partial charge in [0.25, 0.3) is 0 Å². The fourth-order valence-corrected chi connectivity index (χ4v) is 2.71. The molecule has 27 heavy (non-hydrogen) atoms. The predicted octanol–water partition coefficient (Wildman–Crippen LogP) is 4.78. The fourth-order valence-electron chi connectivity index (χ4n) is 2.71. The topological polar surface area (TPSA) is 75.8 Å². The largest absolute Gasteiger partial charge is 0.465 e. The lowest BCUT2D eigenvalue weighted by Gasteiger charge is -2.19. The van der Waals surface area contributed by atoms with Crippen LogP contribution in [0.1, 0.15) is 11.1 Å². The van der Waals surface area contributed by atoms with Gasteiger partial charge in [0.2, 0.25) is 0 Å².